The van der Waals surface area contributed by atoms with Crippen LogP contribution in [0.4, 0.5) is 0 Å². The molecule has 0 aliphatic carbocycles. The van der Waals surface area contributed by atoms with E-state index in [4.69, 9.17) is 0 Å². The van der Waals surface area contributed by atoms with Crippen molar-refractivity contribution in [3.8, 4) is 0 Å². The molecule has 0 fully saturated rings. The van der Waals surface area contributed by atoms with Crippen molar-refractivity contribution in [3.05, 3.63) is 54.1 Å². The summed E-state index contributed by atoms with van der Waals surface area (Å²) in [5.41, 5.74) is 1.29. The molecule has 0 radical (unpaired) electrons. The Labute approximate surface area is 145 Å². The normalized spacial score (nSPS) is 11.8. The molecule has 0 bridgehead atoms. The van der Waals surface area contributed by atoms with Gasteiger partial charge in [-0.3, -0.25) is 4.99 Å². The standard InChI is InChI=1S/C19H29N5/c1-16(2)9-11-22-19(20-3)23-12-10-18-21-13-14-24(18)15-17-7-5-4-6-8-17/h4-8,13-14,16H,9-12,15H2,1-3H3,(H2,20,22,23). The van der Waals surface area contributed by atoms with E-state index in [1.807, 2.05) is 18.5 Å². The molecule has 0 aliphatic rings. The summed E-state index contributed by atoms with van der Waals surface area (Å²) in [6.45, 7) is 7.07. The summed E-state index contributed by atoms with van der Waals surface area (Å²) < 4.78 is 2.20. The van der Waals surface area contributed by atoms with Gasteiger partial charge in [-0.25, -0.2) is 4.98 Å². The number of nitrogens with one attached hydrogen (secondary N) is 2. The number of hydrogen-bond acceptors (Lipinski definition) is 2. The van der Waals surface area contributed by atoms with Gasteiger partial charge in [0.05, 0.1) is 0 Å². The number of nitrogens with zero attached hydrogens (tertiary/aromatic N) is 3. The Bertz CT molecular complexity index is 616. The van der Waals surface area contributed by atoms with E-state index in [1.54, 1.807) is 7.05 Å². The van der Waals surface area contributed by atoms with Crippen LogP contribution in [0.1, 0.15) is 31.7 Å². The number of aliphatic imine (C=N–C) groups is 1. The maximum absolute atomic E-state index is 4.48. The van der Waals surface area contributed by atoms with E-state index in [2.05, 4.69) is 63.3 Å². The van der Waals surface area contributed by atoms with Crippen molar-refractivity contribution in [2.24, 2.45) is 10.9 Å². The lowest BCUT2D eigenvalue weighted by Crippen LogP contribution is -2.39. The molecular weight excluding hydrogens is 298 g/mol. The Morgan fingerprint density at radius 1 is 1.17 bits per heavy atom. The number of aromatic nitrogens is 2. The molecule has 24 heavy (non-hydrogen) atoms. The molecule has 1 aromatic heterocycles. The molecule has 2 aromatic rings. The summed E-state index contributed by atoms with van der Waals surface area (Å²) in [4.78, 5) is 8.74. The van der Waals surface area contributed by atoms with Crippen LogP contribution in [0.5, 0.6) is 0 Å². The highest BCUT2D eigenvalue weighted by Gasteiger charge is 2.04. The zero-order valence-electron chi connectivity index (χ0n) is 15.0. The molecule has 2 N–H and O–H groups in total. The van der Waals surface area contributed by atoms with Crippen molar-refractivity contribution in [2.75, 3.05) is 20.1 Å². The lowest BCUT2D eigenvalue weighted by molar-refractivity contribution is 0.573. The summed E-state index contributed by atoms with van der Waals surface area (Å²) in [5, 5.41) is 6.71. The Hall–Kier alpha value is -2.30. The first-order valence-corrected chi connectivity index (χ1v) is 8.67. The zero-order chi connectivity index (χ0) is 17.2. The molecule has 5 heteroatoms. The quantitative estimate of drug-likeness (QED) is 0.579. The van der Waals surface area contributed by atoms with Crippen LogP contribution in [-0.2, 0) is 13.0 Å². The molecule has 0 saturated carbocycles. The Morgan fingerprint density at radius 3 is 2.62 bits per heavy atom. The molecule has 0 atom stereocenters. The van der Waals surface area contributed by atoms with Crippen LogP contribution in [0, 0.1) is 5.92 Å². The monoisotopic (exact) mass is 327 g/mol. The summed E-state index contributed by atoms with van der Waals surface area (Å²) in [5.74, 6) is 2.64. The van der Waals surface area contributed by atoms with Crippen LogP contribution in [0.25, 0.3) is 0 Å². The average Bonchev–Trinajstić information content (AvgIpc) is 3.01. The second-order valence-electron chi connectivity index (χ2n) is 6.32. The molecule has 0 aliphatic heterocycles. The fourth-order valence-electron chi connectivity index (χ4n) is 2.48. The number of benzene rings is 1. The van der Waals surface area contributed by atoms with Crippen molar-refractivity contribution < 1.29 is 0 Å². The van der Waals surface area contributed by atoms with Crippen LogP contribution < -0.4 is 10.6 Å². The van der Waals surface area contributed by atoms with Gasteiger partial charge >= 0.3 is 0 Å². The van der Waals surface area contributed by atoms with E-state index >= 15 is 0 Å². The smallest absolute Gasteiger partial charge is 0.190 e. The highest BCUT2D eigenvalue weighted by atomic mass is 15.2. The minimum absolute atomic E-state index is 0.695. The van der Waals surface area contributed by atoms with E-state index in [9.17, 15) is 0 Å². The molecule has 130 valence electrons. The summed E-state index contributed by atoms with van der Waals surface area (Å²) in [7, 11) is 1.81. The van der Waals surface area contributed by atoms with Gasteiger partial charge in [-0.15, -0.1) is 0 Å². The number of guanidine groups is 1. The predicted octanol–water partition coefficient (Wildman–Crippen LogP) is 2.68. The van der Waals surface area contributed by atoms with Crippen LogP contribution in [0.15, 0.2) is 47.7 Å². The van der Waals surface area contributed by atoms with E-state index in [1.165, 1.54) is 5.56 Å². The van der Waals surface area contributed by atoms with Gasteiger partial charge in [0.15, 0.2) is 5.96 Å². The van der Waals surface area contributed by atoms with E-state index in [-0.39, 0.29) is 0 Å². The van der Waals surface area contributed by atoms with Crippen molar-refractivity contribution in [2.45, 2.75) is 33.2 Å². The van der Waals surface area contributed by atoms with E-state index in [0.29, 0.717) is 5.92 Å². The summed E-state index contributed by atoms with van der Waals surface area (Å²) in [6.07, 6.45) is 5.92. The fraction of sp³-hybridized carbons (Fsp3) is 0.474. The van der Waals surface area contributed by atoms with Crippen LogP contribution in [-0.4, -0.2) is 35.6 Å². The van der Waals surface area contributed by atoms with Crippen LogP contribution >= 0.6 is 0 Å². The Kier molecular flexibility index (Phi) is 7.33. The minimum atomic E-state index is 0.695. The second-order valence-corrected chi connectivity index (χ2v) is 6.32. The third-order valence-electron chi connectivity index (χ3n) is 3.88. The van der Waals surface area contributed by atoms with Gasteiger partial charge in [0.1, 0.15) is 5.82 Å². The van der Waals surface area contributed by atoms with Gasteiger partial charge in [0.25, 0.3) is 0 Å². The number of imidazole rings is 1. The molecule has 0 saturated heterocycles. The molecule has 1 heterocycles. The Morgan fingerprint density at radius 2 is 1.92 bits per heavy atom. The van der Waals surface area contributed by atoms with Gasteiger partial charge in [-0.1, -0.05) is 44.2 Å². The number of rotatable bonds is 8. The van der Waals surface area contributed by atoms with Crippen molar-refractivity contribution in [3.63, 3.8) is 0 Å². The SMILES string of the molecule is CN=C(NCCc1nccn1Cc1ccccc1)NCCC(C)C. The van der Waals surface area contributed by atoms with Gasteiger partial charge in [-0.05, 0) is 17.9 Å². The van der Waals surface area contributed by atoms with Crippen LogP contribution in [0.2, 0.25) is 0 Å². The first kappa shape index (κ1) is 18.0. The molecule has 0 spiro atoms. The fourth-order valence-corrected chi connectivity index (χ4v) is 2.48. The lowest BCUT2D eigenvalue weighted by Gasteiger charge is -2.13. The maximum Gasteiger partial charge on any atom is 0.190 e. The molecule has 0 unspecified atom stereocenters. The van der Waals surface area contributed by atoms with E-state index < -0.39 is 0 Å². The number of hydrogen-bond donors (Lipinski definition) is 2. The summed E-state index contributed by atoms with van der Waals surface area (Å²) >= 11 is 0. The van der Waals surface area contributed by atoms with Crippen molar-refractivity contribution in [1.82, 2.24) is 20.2 Å². The van der Waals surface area contributed by atoms with Gasteiger partial charge < -0.3 is 15.2 Å². The van der Waals surface area contributed by atoms with Crippen molar-refractivity contribution >= 4 is 5.96 Å². The zero-order valence-corrected chi connectivity index (χ0v) is 15.0. The summed E-state index contributed by atoms with van der Waals surface area (Å²) in [6, 6.07) is 10.5. The van der Waals surface area contributed by atoms with E-state index in [0.717, 1.165) is 44.3 Å². The van der Waals surface area contributed by atoms with Gasteiger partial charge in [0, 0.05) is 45.5 Å². The third kappa shape index (κ3) is 6.07. The average molecular weight is 327 g/mol. The molecule has 5 nitrogen and oxygen atoms in total. The topological polar surface area (TPSA) is 54.2 Å². The molecular formula is C19H29N5. The van der Waals surface area contributed by atoms with Crippen molar-refractivity contribution in [1.29, 1.82) is 0 Å². The lowest BCUT2D eigenvalue weighted by atomic mass is 10.1. The largest absolute Gasteiger partial charge is 0.356 e. The van der Waals surface area contributed by atoms with Crippen LogP contribution in [0.3, 0.4) is 0 Å². The molecule has 2 rings (SSSR count). The molecule has 1 aromatic carbocycles. The molecule has 0 amide bonds. The maximum atomic E-state index is 4.48. The highest BCUT2D eigenvalue weighted by Crippen LogP contribution is 2.05. The second kappa shape index (κ2) is 9.75. The minimum Gasteiger partial charge on any atom is -0.356 e. The highest BCUT2D eigenvalue weighted by molar-refractivity contribution is 5.79. The third-order valence-corrected chi connectivity index (χ3v) is 3.88. The predicted molar refractivity (Wildman–Crippen MR) is 100 cm³/mol. The Balaban J connectivity index is 1.79. The first-order chi connectivity index (χ1) is 11.7. The van der Waals surface area contributed by atoms with Gasteiger partial charge in [0.2, 0.25) is 0 Å². The first-order valence-electron chi connectivity index (χ1n) is 8.67. The van der Waals surface area contributed by atoms with Gasteiger partial charge in [-0.2, -0.15) is 0 Å².